The summed E-state index contributed by atoms with van der Waals surface area (Å²) in [6, 6.07) is 0. The van der Waals surface area contributed by atoms with E-state index >= 15 is 0 Å². The van der Waals surface area contributed by atoms with Crippen molar-refractivity contribution in [3.63, 3.8) is 0 Å². The fourth-order valence-corrected chi connectivity index (χ4v) is 8.36. The first-order chi connectivity index (χ1) is 13.4. The SMILES string of the molecule is CCCCOC[C@H]1CC[C@H]2[C@@H]3C[C@@H](OC)[C@H]4CC(O)CC[C@]4(C)[C@H]3CC[C@]12C. The fourth-order valence-electron chi connectivity index (χ4n) is 8.36. The summed E-state index contributed by atoms with van der Waals surface area (Å²) in [6.45, 7) is 9.30. The number of aliphatic hydroxyl groups excluding tert-OH is 1. The maximum Gasteiger partial charge on any atom is 0.0608 e. The van der Waals surface area contributed by atoms with Gasteiger partial charge in [0, 0.05) is 20.3 Å². The van der Waals surface area contributed by atoms with E-state index in [1.807, 2.05) is 7.11 Å². The van der Waals surface area contributed by atoms with E-state index in [9.17, 15) is 5.11 Å². The molecule has 3 heteroatoms. The first-order valence-electron chi connectivity index (χ1n) is 12.2. The van der Waals surface area contributed by atoms with Gasteiger partial charge in [-0.05, 0) is 98.2 Å². The molecule has 4 aliphatic carbocycles. The Morgan fingerprint density at radius 1 is 0.929 bits per heavy atom. The topological polar surface area (TPSA) is 38.7 Å². The Morgan fingerprint density at radius 3 is 2.43 bits per heavy atom. The zero-order chi connectivity index (χ0) is 19.9. The van der Waals surface area contributed by atoms with Crippen LogP contribution in [0.15, 0.2) is 0 Å². The number of methoxy groups -OCH3 is 1. The van der Waals surface area contributed by atoms with E-state index in [1.165, 1.54) is 51.4 Å². The van der Waals surface area contributed by atoms with Crippen LogP contribution in [-0.2, 0) is 9.47 Å². The smallest absolute Gasteiger partial charge is 0.0608 e. The van der Waals surface area contributed by atoms with E-state index in [0.717, 1.165) is 49.7 Å². The molecule has 0 aliphatic heterocycles. The van der Waals surface area contributed by atoms with Gasteiger partial charge in [-0.3, -0.25) is 0 Å². The van der Waals surface area contributed by atoms with Gasteiger partial charge >= 0.3 is 0 Å². The van der Waals surface area contributed by atoms with Crippen LogP contribution in [0.1, 0.15) is 85.0 Å². The van der Waals surface area contributed by atoms with Crippen molar-refractivity contribution >= 4 is 0 Å². The van der Waals surface area contributed by atoms with Crippen LogP contribution < -0.4 is 0 Å². The Labute approximate surface area is 172 Å². The second kappa shape index (κ2) is 8.19. The first-order valence-corrected chi connectivity index (χ1v) is 12.2. The molecular weight excluding hydrogens is 348 g/mol. The van der Waals surface area contributed by atoms with Crippen molar-refractivity contribution in [2.24, 2.45) is 40.4 Å². The zero-order valence-corrected chi connectivity index (χ0v) is 18.8. The third-order valence-electron chi connectivity index (χ3n) is 10.1. The second-order valence-electron chi connectivity index (χ2n) is 11.2. The third-order valence-corrected chi connectivity index (χ3v) is 10.1. The van der Waals surface area contributed by atoms with Gasteiger partial charge in [-0.2, -0.15) is 0 Å². The van der Waals surface area contributed by atoms with Crippen LogP contribution in [0.3, 0.4) is 0 Å². The summed E-state index contributed by atoms with van der Waals surface area (Å²) in [6.07, 6.45) is 12.5. The molecule has 0 bridgehead atoms. The van der Waals surface area contributed by atoms with Gasteiger partial charge in [0.2, 0.25) is 0 Å². The lowest BCUT2D eigenvalue weighted by Gasteiger charge is -2.62. The lowest BCUT2D eigenvalue weighted by molar-refractivity contribution is -0.179. The minimum Gasteiger partial charge on any atom is -0.393 e. The van der Waals surface area contributed by atoms with Gasteiger partial charge in [-0.15, -0.1) is 0 Å². The number of hydrogen-bond donors (Lipinski definition) is 1. The molecule has 0 aromatic heterocycles. The zero-order valence-electron chi connectivity index (χ0n) is 18.8. The highest BCUT2D eigenvalue weighted by Gasteiger charge is 2.62. The normalized spacial score (nSPS) is 50.7. The van der Waals surface area contributed by atoms with Crippen molar-refractivity contribution in [3.8, 4) is 0 Å². The van der Waals surface area contributed by atoms with E-state index < -0.39 is 0 Å². The molecule has 0 aromatic rings. The summed E-state index contributed by atoms with van der Waals surface area (Å²) in [4.78, 5) is 0. The van der Waals surface area contributed by atoms with Crippen LogP contribution in [0.2, 0.25) is 0 Å². The van der Waals surface area contributed by atoms with Gasteiger partial charge in [-0.1, -0.05) is 27.2 Å². The molecule has 0 amide bonds. The second-order valence-corrected chi connectivity index (χ2v) is 11.2. The Morgan fingerprint density at radius 2 is 1.68 bits per heavy atom. The Balaban J connectivity index is 1.52. The molecule has 162 valence electrons. The van der Waals surface area contributed by atoms with Gasteiger partial charge in [0.1, 0.15) is 0 Å². The van der Waals surface area contributed by atoms with Gasteiger partial charge in [0.25, 0.3) is 0 Å². The molecule has 0 saturated heterocycles. The third kappa shape index (κ3) is 3.38. The highest BCUT2D eigenvalue weighted by molar-refractivity contribution is 5.11. The molecular formula is C25H44O3. The number of hydrogen-bond acceptors (Lipinski definition) is 3. The van der Waals surface area contributed by atoms with Crippen molar-refractivity contribution in [2.45, 2.75) is 97.2 Å². The van der Waals surface area contributed by atoms with Crippen molar-refractivity contribution in [2.75, 3.05) is 20.3 Å². The summed E-state index contributed by atoms with van der Waals surface area (Å²) >= 11 is 0. The van der Waals surface area contributed by atoms with Crippen molar-refractivity contribution < 1.29 is 14.6 Å². The van der Waals surface area contributed by atoms with E-state index in [4.69, 9.17) is 9.47 Å². The van der Waals surface area contributed by atoms with Gasteiger partial charge < -0.3 is 14.6 Å². The molecule has 28 heavy (non-hydrogen) atoms. The quantitative estimate of drug-likeness (QED) is 0.611. The van der Waals surface area contributed by atoms with Crippen LogP contribution in [0.25, 0.3) is 0 Å². The number of aliphatic hydroxyl groups is 1. The molecule has 9 atom stereocenters. The monoisotopic (exact) mass is 392 g/mol. The molecule has 3 nitrogen and oxygen atoms in total. The molecule has 4 rings (SSSR count). The Bertz CT molecular complexity index is 536. The lowest BCUT2D eigenvalue weighted by atomic mass is 9.44. The minimum atomic E-state index is -0.114. The highest BCUT2D eigenvalue weighted by Crippen LogP contribution is 2.67. The van der Waals surface area contributed by atoms with E-state index in [-0.39, 0.29) is 6.10 Å². The summed E-state index contributed by atoms with van der Waals surface area (Å²) in [5, 5.41) is 10.3. The van der Waals surface area contributed by atoms with Crippen LogP contribution in [0, 0.1) is 40.4 Å². The Kier molecular flexibility index (Phi) is 6.18. The van der Waals surface area contributed by atoms with Crippen LogP contribution in [0.4, 0.5) is 0 Å². The van der Waals surface area contributed by atoms with Gasteiger partial charge in [-0.25, -0.2) is 0 Å². The van der Waals surface area contributed by atoms with Crippen LogP contribution in [0.5, 0.6) is 0 Å². The molecule has 1 N–H and O–H groups in total. The molecule has 0 heterocycles. The number of fused-ring (bicyclic) bond motifs is 5. The van der Waals surface area contributed by atoms with Crippen molar-refractivity contribution in [1.29, 1.82) is 0 Å². The summed E-state index contributed by atoms with van der Waals surface area (Å²) in [5.41, 5.74) is 0.822. The molecule has 4 fully saturated rings. The maximum absolute atomic E-state index is 10.3. The molecule has 0 radical (unpaired) electrons. The van der Waals surface area contributed by atoms with E-state index in [1.54, 1.807) is 0 Å². The molecule has 0 spiro atoms. The average Bonchev–Trinajstić information content (AvgIpc) is 3.02. The fraction of sp³-hybridized carbons (Fsp3) is 1.00. The predicted octanol–water partition coefficient (Wildman–Crippen LogP) is 5.45. The predicted molar refractivity (Wildman–Crippen MR) is 113 cm³/mol. The highest BCUT2D eigenvalue weighted by atomic mass is 16.5. The standard InChI is InChI=1S/C25H44O3/c1-5-6-13-28-16-17-7-8-20-19-15-23(27-4)22-14-18(26)9-11-25(22,3)21(19)10-12-24(17,20)2/h17-23,26H,5-16H2,1-4H3/t17-,18?,19+,20+,21+,22-,23-,24-,25-/m1/s1. The molecule has 0 aromatic carbocycles. The van der Waals surface area contributed by atoms with Gasteiger partial charge in [0.15, 0.2) is 0 Å². The molecule has 4 saturated carbocycles. The minimum absolute atomic E-state index is 0.114. The molecule has 1 unspecified atom stereocenters. The largest absolute Gasteiger partial charge is 0.393 e. The van der Waals surface area contributed by atoms with Crippen LogP contribution in [-0.4, -0.2) is 37.6 Å². The van der Waals surface area contributed by atoms with E-state index in [2.05, 4.69) is 20.8 Å². The van der Waals surface area contributed by atoms with E-state index in [0.29, 0.717) is 22.9 Å². The van der Waals surface area contributed by atoms with Gasteiger partial charge in [0.05, 0.1) is 12.2 Å². The van der Waals surface area contributed by atoms with Crippen LogP contribution >= 0.6 is 0 Å². The average molecular weight is 393 g/mol. The summed E-state index contributed by atoms with van der Waals surface area (Å²) < 4.78 is 12.2. The Hall–Kier alpha value is -0.120. The summed E-state index contributed by atoms with van der Waals surface area (Å²) in [7, 11) is 1.91. The van der Waals surface area contributed by atoms with Crippen molar-refractivity contribution in [3.05, 3.63) is 0 Å². The molecule has 4 aliphatic rings. The lowest BCUT2D eigenvalue weighted by Crippen LogP contribution is -2.58. The summed E-state index contributed by atoms with van der Waals surface area (Å²) in [5.74, 6) is 3.76. The van der Waals surface area contributed by atoms with Crippen molar-refractivity contribution in [1.82, 2.24) is 0 Å². The first kappa shape index (κ1) is 21.1. The number of ether oxygens (including phenoxy) is 2. The maximum atomic E-state index is 10.3. The number of unbranched alkanes of at least 4 members (excludes halogenated alkanes) is 1. The number of rotatable bonds is 6.